The predicted molar refractivity (Wildman–Crippen MR) is 107 cm³/mol. The Kier molecular flexibility index (Phi) is 5.32. The van der Waals surface area contributed by atoms with Crippen LogP contribution in [-0.4, -0.2) is 55.0 Å². The molecule has 3 heterocycles. The van der Waals surface area contributed by atoms with Crippen LogP contribution >= 0.6 is 0 Å². The zero-order valence-electron chi connectivity index (χ0n) is 17.0. The lowest BCUT2D eigenvalue weighted by atomic mass is 10.0. The number of fused-ring (bicyclic) bond motifs is 1. The van der Waals surface area contributed by atoms with E-state index in [4.69, 9.17) is 14.2 Å². The second-order valence-electron chi connectivity index (χ2n) is 7.57. The summed E-state index contributed by atoms with van der Waals surface area (Å²) in [6, 6.07) is 6.19. The van der Waals surface area contributed by atoms with E-state index in [-0.39, 0.29) is 11.8 Å². The van der Waals surface area contributed by atoms with Crippen LogP contribution in [0.3, 0.4) is 0 Å². The van der Waals surface area contributed by atoms with Gasteiger partial charge in [-0.3, -0.25) is 9.69 Å². The molecule has 0 aliphatic carbocycles. The van der Waals surface area contributed by atoms with Crippen molar-refractivity contribution in [3.63, 3.8) is 0 Å². The van der Waals surface area contributed by atoms with E-state index in [2.05, 4.69) is 16.0 Å². The van der Waals surface area contributed by atoms with Gasteiger partial charge in [0.15, 0.2) is 17.3 Å². The van der Waals surface area contributed by atoms with Crippen LogP contribution in [0.4, 0.5) is 0 Å². The fourth-order valence-electron chi connectivity index (χ4n) is 4.36. The van der Waals surface area contributed by atoms with E-state index >= 15 is 0 Å². The van der Waals surface area contributed by atoms with Crippen LogP contribution in [0.2, 0.25) is 0 Å². The average Bonchev–Trinajstić information content (AvgIpc) is 3.30. The van der Waals surface area contributed by atoms with E-state index in [0.29, 0.717) is 42.3 Å². The Balaban J connectivity index is 1.53. The molecule has 0 unspecified atom stereocenters. The summed E-state index contributed by atoms with van der Waals surface area (Å²) in [7, 11) is 1.35. The van der Waals surface area contributed by atoms with Gasteiger partial charge >= 0.3 is 5.97 Å². The van der Waals surface area contributed by atoms with E-state index in [1.54, 1.807) is 13.8 Å². The van der Waals surface area contributed by atoms with Crippen molar-refractivity contribution in [3.05, 3.63) is 46.3 Å². The first-order chi connectivity index (χ1) is 14.0. The molecule has 1 N–H and O–H groups in total. The number of carbonyl (C=O) groups excluding carboxylic acids is 2. The maximum Gasteiger partial charge on any atom is 0.339 e. The van der Waals surface area contributed by atoms with Crippen LogP contribution in [0.1, 0.15) is 56.6 Å². The number of rotatable bonds is 5. The molecule has 4 rings (SSSR count). The zero-order valence-corrected chi connectivity index (χ0v) is 17.0. The minimum atomic E-state index is -0.425. The van der Waals surface area contributed by atoms with Crippen LogP contribution in [0.15, 0.2) is 18.2 Å². The number of ketones is 1. The van der Waals surface area contributed by atoms with Gasteiger partial charge in [-0.25, -0.2) is 4.79 Å². The average molecular weight is 398 g/mol. The molecule has 1 atom stereocenters. The van der Waals surface area contributed by atoms with Gasteiger partial charge in [-0.15, -0.1) is 0 Å². The molecule has 7 heteroatoms. The first-order valence-electron chi connectivity index (χ1n) is 9.94. The number of nitrogens with zero attached hydrogens (tertiary/aromatic N) is 1. The number of aryl methyl sites for hydroxylation is 1. The number of H-pyrrole nitrogens is 1. The highest BCUT2D eigenvalue weighted by Gasteiger charge is 2.30. The number of carbonyl (C=O) groups is 2. The first kappa shape index (κ1) is 19.5. The predicted octanol–water partition coefficient (Wildman–Crippen LogP) is 3.21. The molecular formula is C22H26N2O5. The van der Waals surface area contributed by atoms with Crippen molar-refractivity contribution in [2.75, 3.05) is 33.4 Å². The van der Waals surface area contributed by atoms with E-state index in [1.807, 2.05) is 12.1 Å². The van der Waals surface area contributed by atoms with Crippen LogP contribution in [0.25, 0.3) is 0 Å². The largest absolute Gasteiger partial charge is 0.486 e. The Hall–Kier alpha value is -2.80. The van der Waals surface area contributed by atoms with Gasteiger partial charge in [0.25, 0.3) is 0 Å². The zero-order chi connectivity index (χ0) is 20.5. The van der Waals surface area contributed by atoms with E-state index in [9.17, 15) is 9.59 Å². The molecule has 0 saturated carbocycles. The minimum absolute atomic E-state index is 0.0230. The molecule has 7 nitrogen and oxygen atoms in total. The molecule has 1 saturated heterocycles. The van der Waals surface area contributed by atoms with Crippen LogP contribution in [0.5, 0.6) is 11.5 Å². The molecule has 2 aliphatic heterocycles. The van der Waals surface area contributed by atoms with E-state index in [0.717, 1.165) is 36.4 Å². The Morgan fingerprint density at radius 1 is 1.21 bits per heavy atom. The topological polar surface area (TPSA) is 80.9 Å². The quantitative estimate of drug-likeness (QED) is 0.615. The molecule has 1 fully saturated rings. The summed E-state index contributed by atoms with van der Waals surface area (Å²) in [6.07, 6.45) is 2.02. The molecule has 154 valence electrons. The SMILES string of the molecule is COC(=O)c1c(C)[nH]c(C(=O)CN2CCC[C@@H]2c2ccc3c(c2)OCCO3)c1C. The third-order valence-corrected chi connectivity index (χ3v) is 5.77. The summed E-state index contributed by atoms with van der Waals surface area (Å²) in [4.78, 5) is 30.3. The van der Waals surface area contributed by atoms with Crippen molar-refractivity contribution < 1.29 is 23.8 Å². The molecule has 1 aromatic carbocycles. The Bertz CT molecular complexity index is 949. The van der Waals surface area contributed by atoms with Gasteiger partial charge in [0.05, 0.1) is 24.9 Å². The van der Waals surface area contributed by atoms with Gasteiger partial charge < -0.3 is 19.2 Å². The number of hydrogen-bond donors (Lipinski definition) is 1. The summed E-state index contributed by atoms with van der Waals surface area (Å²) in [5, 5.41) is 0. The number of aromatic amines is 1. The number of Topliss-reactive ketones (excluding diaryl/α,β-unsaturated/α-hetero) is 1. The van der Waals surface area contributed by atoms with Crippen molar-refractivity contribution in [2.24, 2.45) is 0 Å². The highest BCUT2D eigenvalue weighted by atomic mass is 16.6. The Morgan fingerprint density at radius 3 is 2.72 bits per heavy atom. The number of methoxy groups -OCH3 is 1. The molecule has 1 aromatic heterocycles. The number of likely N-dealkylation sites (tertiary alicyclic amines) is 1. The number of ether oxygens (including phenoxy) is 3. The van der Waals surface area contributed by atoms with Gasteiger partial charge in [-0.2, -0.15) is 0 Å². The number of hydrogen-bond acceptors (Lipinski definition) is 6. The van der Waals surface area contributed by atoms with Crippen molar-refractivity contribution in [1.82, 2.24) is 9.88 Å². The summed E-state index contributed by atoms with van der Waals surface area (Å²) in [5.41, 5.74) is 3.36. The molecule has 0 amide bonds. The number of nitrogens with one attached hydrogen (secondary N) is 1. The van der Waals surface area contributed by atoms with E-state index in [1.165, 1.54) is 7.11 Å². The monoisotopic (exact) mass is 398 g/mol. The summed E-state index contributed by atoms with van der Waals surface area (Å²) >= 11 is 0. The van der Waals surface area contributed by atoms with Gasteiger partial charge in [0.1, 0.15) is 13.2 Å². The number of benzene rings is 1. The minimum Gasteiger partial charge on any atom is -0.486 e. The van der Waals surface area contributed by atoms with Crippen molar-refractivity contribution in [2.45, 2.75) is 32.7 Å². The summed E-state index contributed by atoms with van der Waals surface area (Å²) < 4.78 is 16.2. The first-order valence-corrected chi connectivity index (χ1v) is 9.94. The van der Waals surface area contributed by atoms with Crippen molar-refractivity contribution >= 4 is 11.8 Å². The van der Waals surface area contributed by atoms with Crippen molar-refractivity contribution in [1.29, 1.82) is 0 Å². The lowest BCUT2D eigenvalue weighted by Gasteiger charge is -2.26. The maximum absolute atomic E-state index is 13.0. The van der Waals surface area contributed by atoms with Crippen LogP contribution < -0.4 is 9.47 Å². The van der Waals surface area contributed by atoms with E-state index < -0.39 is 5.97 Å². The standard InChI is InChI=1S/C22H26N2O5/c1-13-20(22(26)27-3)14(2)23-21(13)17(25)12-24-8-4-5-16(24)15-6-7-18-19(11-15)29-10-9-28-18/h6-7,11,16,23H,4-5,8-10,12H2,1-3H3/t16-/m1/s1. The van der Waals surface area contributed by atoms with Gasteiger partial charge in [0.2, 0.25) is 0 Å². The molecule has 2 aromatic rings. The third kappa shape index (κ3) is 3.62. The normalized spacial score (nSPS) is 18.7. The van der Waals surface area contributed by atoms with Crippen molar-refractivity contribution in [3.8, 4) is 11.5 Å². The second kappa shape index (κ2) is 7.91. The van der Waals surface area contributed by atoms with Gasteiger partial charge in [0, 0.05) is 11.7 Å². The summed E-state index contributed by atoms with van der Waals surface area (Å²) in [6.45, 7) is 5.83. The fraction of sp³-hybridized carbons (Fsp3) is 0.455. The van der Waals surface area contributed by atoms with Crippen LogP contribution in [0, 0.1) is 13.8 Å². The highest BCUT2D eigenvalue weighted by molar-refractivity contribution is 6.02. The number of aromatic nitrogens is 1. The van der Waals surface area contributed by atoms with Gasteiger partial charge in [-0.1, -0.05) is 6.07 Å². The molecule has 2 aliphatic rings. The molecule has 0 radical (unpaired) electrons. The molecule has 0 bridgehead atoms. The molecular weight excluding hydrogens is 372 g/mol. The molecule has 0 spiro atoms. The van der Waals surface area contributed by atoms with Gasteiger partial charge in [-0.05, 0) is 56.5 Å². The maximum atomic E-state index is 13.0. The second-order valence-corrected chi connectivity index (χ2v) is 7.57. The summed E-state index contributed by atoms with van der Waals surface area (Å²) in [5.74, 6) is 1.09. The lowest BCUT2D eigenvalue weighted by Crippen LogP contribution is -2.30. The number of esters is 1. The third-order valence-electron chi connectivity index (χ3n) is 5.77. The lowest BCUT2D eigenvalue weighted by molar-refractivity contribution is 0.0599. The smallest absolute Gasteiger partial charge is 0.339 e. The Labute approximate surface area is 169 Å². The Morgan fingerprint density at radius 2 is 1.97 bits per heavy atom. The fourth-order valence-corrected chi connectivity index (χ4v) is 4.36. The van der Waals surface area contributed by atoms with Crippen LogP contribution in [-0.2, 0) is 4.74 Å². The highest BCUT2D eigenvalue weighted by Crippen LogP contribution is 2.38. The molecule has 29 heavy (non-hydrogen) atoms.